The number of rotatable bonds is 4. The zero-order valence-corrected chi connectivity index (χ0v) is 13.1. The van der Waals surface area contributed by atoms with E-state index in [0.29, 0.717) is 11.4 Å². The second-order valence-corrected chi connectivity index (χ2v) is 5.77. The van der Waals surface area contributed by atoms with Gasteiger partial charge >= 0.3 is 0 Å². The number of halogens is 2. The van der Waals surface area contributed by atoms with E-state index in [4.69, 9.17) is 4.74 Å². The van der Waals surface area contributed by atoms with E-state index in [1.54, 1.807) is 19.2 Å². The Kier molecular flexibility index (Phi) is 4.42. The molecule has 1 fully saturated rings. The van der Waals surface area contributed by atoms with Crippen molar-refractivity contribution in [3.63, 3.8) is 0 Å². The van der Waals surface area contributed by atoms with Gasteiger partial charge in [0.25, 0.3) is 0 Å². The standard InChI is InChI=1S/C17H17F2N3O2/c1-24-14-5-3-2-4-12(14)13-8-15(21-10-20-13)22-16(23)11-6-7-17(18,19)9-11/h2-5,8,10-11H,6-7,9H2,1H3,(H,20,21,22,23). The molecule has 1 aliphatic rings. The molecule has 1 heterocycles. The molecular weight excluding hydrogens is 316 g/mol. The van der Waals surface area contributed by atoms with E-state index in [2.05, 4.69) is 15.3 Å². The number of hydrogen-bond acceptors (Lipinski definition) is 4. The van der Waals surface area contributed by atoms with Gasteiger partial charge in [0, 0.05) is 30.4 Å². The smallest absolute Gasteiger partial charge is 0.248 e. The number of alkyl halides is 2. The Balaban J connectivity index is 1.77. The van der Waals surface area contributed by atoms with Gasteiger partial charge in [-0.15, -0.1) is 0 Å². The molecule has 1 amide bonds. The third-order valence-electron chi connectivity index (χ3n) is 4.08. The van der Waals surface area contributed by atoms with Gasteiger partial charge in [-0.1, -0.05) is 12.1 Å². The fourth-order valence-electron chi connectivity index (χ4n) is 2.83. The topological polar surface area (TPSA) is 64.1 Å². The van der Waals surface area contributed by atoms with Crippen molar-refractivity contribution in [2.45, 2.75) is 25.2 Å². The highest BCUT2D eigenvalue weighted by molar-refractivity contribution is 5.92. The summed E-state index contributed by atoms with van der Waals surface area (Å²) in [5, 5.41) is 2.61. The van der Waals surface area contributed by atoms with Gasteiger partial charge in [-0.05, 0) is 18.6 Å². The van der Waals surface area contributed by atoms with E-state index in [1.165, 1.54) is 6.33 Å². The zero-order chi connectivity index (χ0) is 17.2. The lowest BCUT2D eigenvalue weighted by Gasteiger charge is -2.12. The molecule has 0 bridgehead atoms. The average molecular weight is 333 g/mol. The number of carbonyl (C=O) groups excluding carboxylic acids is 1. The summed E-state index contributed by atoms with van der Waals surface area (Å²) in [5.41, 5.74) is 1.33. The molecule has 1 atom stereocenters. The number of para-hydroxylation sites is 1. The third-order valence-corrected chi connectivity index (χ3v) is 4.08. The highest BCUT2D eigenvalue weighted by atomic mass is 19.3. The summed E-state index contributed by atoms with van der Waals surface area (Å²) in [6, 6.07) is 8.93. The van der Waals surface area contributed by atoms with Crippen LogP contribution in [0.3, 0.4) is 0 Å². The van der Waals surface area contributed by atoms with Gasteiger partial charge in [0.15, 0.2) is 0 Å². The van der Waals surface area contributed by atoms with Gasteiger partial charge < -0.3 is 10.1 Å². The molecule has 1 aromatic carbocycles. The van der Waals surface area contributed by atoms with Crippen molar-refractivity contribution in [3.05, 3.63) is 36.7 Å². The number of aromatic nitrogens is 2. The van der Waals surface area contributed by atoms with Crippen molar-refractivity contribution >= 4 is 11.7 Å². The first-order valence-electron chi connectivity index (χ1n) is 7.63. The first-order valence-corrected chi connectivity index (χ1v) is 7.63. The van der Waals surface area contributed by atoms with Crippen LogP contribution in [0.15, 0.2) is 36.7 Å². The Labute approximate surface area is 138 Å². The Bertz CT molecular complexity index is 752. The van der Waals surface area contributed by atoms with Crippen LogP contribution in [0.5, 0.6) is 5.75 Å². The van der Waals surface area contributed by atoms with Crippen LogP contribution in [0.4, 0.5) is 14.6 Å². The molecule has 1 saturated carbocycles. The third kappa shape index (κ3) is 3.50. The van der Waals surface area contributed by atoms with Crippen LogP contribution in [-0.4, -0.2) is 28.9 Å². The summed E-state index contributed by atoms with van der Waals surface area (Å²) in [7, 11) is 1.56. The Morgan fingerprint density at radius 2 is 2.12 bits per heavy atom. The predicted octanol–water partition coefficient (Wildman–Crippen LogP) is 3.53. The molecule has 0 saturated heterocycles. The van der Waals surface area contributed by atoms with Crippen LogP contribution in [0.2, 0.25) is 0 Å². The highest BCUT2D eigenvalue weighted by Crippen LogP contribution is 2.39. The summed E-state index contributed by atoms with van der Waals surface area (Å²) in [4.78, 5) is 20.3. The Morgan fingerprint density at radius 3 is 2.83 bits per heavy atom. The summed E-state index contributed by atoms with van der Waals surface area (Å²) >= 11 is 0. The number of ether oxygens (including phenoxy) is 1. The maximum absolute atomic E-state index is 13.2. The summed E-state index contributed by atoms with van der Waals surface area (Å²) in [5.74, 6) is -2.95. The molecule has 3 rings (SSSR count). The van der Waals surface area contributed by atoms with Crippen LogP contribution in [0.25, 0.3) is 11.3 Å². The minimum atomic E-state index is -2.75. The molecule has 2 aromatic rings. The maximum atomic E-state index is 13.2. The fourth-order valence-corrected chi connectivity index (χ4v) is 2.83. The van der Waals surface area contributed by atoms with Gasteiger partial charge in [0.2, 0.25) is 11.8 Å². The van der Waals surface area contributed by atoms with Gasteiger partial charge in [-0.25, -0.2) is 18.7 Å². The molecule has 7 heteroatoms. The van der Waals surface area contributed by atoms with Gasteiger partial charge in [0.1, 0.15) is 17.9 Å². The van der Waals surface area contributed by atoms with Crippen molar-refractivity contribution in [3.8, 4) is 17.0 Å². The number of anilines is 1. The monoisotopic (exact) mass is 333 g/mol. The molecular formula is C17H17F2N3O2. The molecule has 0 spiro atoms. The van der Waals surface area contributed by atoms with E-state index < -0.39 is 24.2 Å². The molecule has 1 aliphatic carbocycles. The lowest BCUT2D eigenvalue weighted by molar-refractivity contribution is -0.120. The molecule has 1 aromatic heterocycles. The minimum absolute atomic E-state index is 0.184. The summed E-state index contributed by atoms with van der Waals surface area (Å²) in [6.07, 6.45) is 0.842. The van der Waals surface area contributed by atoms with E-state index in [-0.39, 0.29) is 18.7 Å². The van der Waals surface area contributed by atoms with Crippen LogP contribution < -0.4 is 10.1 Å². The molecule has 0 aliphatic heterocycles. The van der Waals surface area contributed by atoms with Crippen molar-refractivity contribution < 1.29 is 18.3 Å². The molecule has 1 unspecified atom stereocenters. The maximum Gasteiger partial charge on any atom is 0.248 e. The van der Waals surface area contributed by atoms with Crippen molar-refractivity contribution in [2.75, 3.05) is 12.4 Å². The second-order valence-electron chi connectivity index (χ2n) is 5.77. The lowest BCUT2D eigenvalue weighted by Crippen LogP contribution is -2.23. The van der Waals surface area contributed by atoms with Crippen LogP contribution in [0, 0.1) is 5.92 Å². The SMILES string of the molecule is COc1ccccc1-c1cc(NC(=O)C2CCC(F)(F)C2)ncn1. The van der Waals surface area contributed by atoms with E-state index >= 15 is 0 Å². The first-order chi connectivity index (χ1) is 11.5. The second kappa shape index (κ2) is 6.51. The number of carbonyl (C=O) groups is 1. The zero-order valence-electron chi connectivity index (χ0n) is 13.1. The van der Waals surface area contributed by atoms with Crippen molar-refractivity contribution in [1.82, 2.24) is 9.97 Å². The van der Waals surface area contributed by atoms with E-state index in [1.807, 2.05) is 18.2 Å². The molecule has 126 valence electrons. The number of nitrogens with zero attached hydrogens (tertiary/aromatic N) is 2. The van der Waals surface area contributed by atoms with Gasteiger partial charge in [-0.2, -0.15) is 0 Å². The van der Waals surface area contributed by atoms with Crippen LogP contribution >= 0.6 is 0 Å². The highest BCUT2D eigenvalue weighted by Gasteiger charge is 2.42. The molecule has 5 nitrogen and oxygen atoms in total. The first kappa shape index (κ1) is 16.3. The Morgan fingerprint density at radius 1 is 1.33 bits per heavy atom. The molecule has 1 N–H and O–H groups in total. The molecule has 24 heavy (non-hydrogen) atoms. The van der Waals surface area contributed by atoms with Gasteiger partial charge in [0.05, 0.1) is 12.8 Å². The van der Waals surface area contributed by atoms with Crippen LogP contribution in [-0.2, 0) is 4.79 Å². The minimum Gasteiger partial charge on any atom is -0.496 e. The lowest BCUT2D eigenvalue weighted by atomic mass is 10.1. The quantitative estimate of drug-likeness (QED) is 0.930. The largest absolute Gasteiger partial charge is 0.496 e. The number of hydrogen-bond donors (Lipinski definition) is 1. The van der Waals surface area contributed by atoms with Crippen LogP contribution in [0.1, 0.15) is 19.3 Å². The number of benzene rings is 1. The number of amides is 1. The number of nitrogens with one attached hydrogen (secondary N) is 1. The average Bonchev–Trinajstić information content (AvgIpc) is 2.95. The Hall–Kier alpha value is -2.57. The van der Waals surface area contributed by atoms with E-state index in [9.17, 15) is 13.6 Å². The van der Waals surface area contributed by atoms with Crippen molar-refractivity contribution in [2.24, 2.45) is 5.92 Å². The predicted molar refractivity (Wildman–Crippen MR) is 84.9 cm³/mol. The number of methoxy groups -OCH3 is 1. The normalized spacial score (nSPS) is 19.0. The van der Waals surface area contributed by atoms with Gasteiger partial charge in [-0.3, -0.25) is 4.79 Å². The molecule has 0 radical (unpaired) electrons. The summed E-state index contributed by atoms with van der Waals surface area (Å²) < 4.78 is 31.8. The fraction of sp³-hybridized carbons (Fsp3) is 0.353. The van der Waals surface area contributed by atoms with E-state index in [0.717, 1.165) is 5.56 Å². The van der Waals surface area contributed by atoms with Crippen molar-refractivity contribution in [1.29, 1.82) is 0 Å². The summed E-state index contributed by atoms with van der Waals surface area (Å²) in [6.45, 7) is 0.